The van der Waals surface area contributed by atoms with Gasteiger partial charge >= 0.3 is 0 Å². The molecule has 0 saturated heterocycles. The molecule has 5 heteroatoms. The van der Waals surface area contributed by atoms with Gasteiger partial charge in [0.1, 0.15) is 5.52 Å². The van der Waals surface area contributed by atoms with Gasteiger partial charge in [-0.3, -0.25) is 0 Å². The van der Waals surface area contributed by atoms with E-state index in [-0.39, 0.29) is 0 Å². The molecule has 1 fully saturated rings. The van der Waals surface area contributed by atoms with Gasteiger partial charge < -0.3 is 5.32 Å². The summed E-state index contributed by atoms with van der Waals surface area (Å²) in [5.41, 5.74) is 2.19. The van der Waals surface area contributed by atoms with Crippen LogP contribution in [0.15, 0.2) is 18.5 Å². The van der Waals surface area contributed by atoms with E-state index in [9.17, 15) is 0 Å². The maximum Gasteiger partial charge on any atom is 0.152 e. The number of hydrogen-bond acceptors (Lipinski definition) is 4. The average Bonchev–Trinajstić information content (AvgIpc) is 2.83. The normalized spacial score (nSPS) is 17.4. The van der Waals surface area contributed by atoms with Crippen LogP contribution >= 0.6 is 11.8 Å². The SMILES string of the molecule is CSC1(CNc2nccn3nc(C(C)C)cc23)CCC1. The van der Waals surface area contributed by atoms with Gasteiger partial charge in [0, 0.05) is 23.7 Å². The molecule has 0 spiro atoms. The van der Waals surface area contributed by atoms with Crippen molar-refractivity contribution in [3.63, 3.8) is 0 Å². The third-order valence-electron chi connectivity index (χ3n) is 4.28. The Balaban J connectivity index is 1.84. The fourth-order valence-electron chi connectivity index (χ4n) is 2.63. The Kier molecular flexibility index (Phi) is 3.63. The first-order chi connectivity index (χ1) is 9.63. The maximum absolute atomic E-state index is 4.60. The van der Waals surface area contributed by atoms with Gasteiger partial charge in [0.2, 0.25) is 0 Å². The Morgan fingerprint density at radius 1 is 1.45 bits per heavy atom. The minimum Gasteiger partial charge on any atom is -0.367 e. The zero-order chi connectivity index (χ0) is 14.2. The predicted octanol–water partition coefficient (Wildman–Crippen LogP) is 3.55. The van der Waals surface area contributed by atoms with Crippen LogP contribution in [0.3, 0.4) is 0 Å². The summed E-state index contributed by atoms with van der Waals surface area (Å²) in [4.78, 5) is 4.49. The maximum atomic E-state index is 4.60. The first-order valence-electron chi connectivity index (χ1n) is 7.27. The Labute approximate surface area is 124 Å². The first kappa shape index (κ1) is 13.7. The molecule has 20 heavy (non-hydrogen) atoms. The van der Waals surface area contributed by atoms with Crippen LogP contribution in [-0.2, 0) is 0 Å². The van der Waals surface area contributed by atoms with Crippen molar-refractivity contribution in [2.45, 2.75) is 43.8 Å². The summed E-state index contributed by atoms with van der Waals surface area (Å²) in [5.74, 6) is 1.39. The van der Waals surface area contributed by atoms with Crippen LogP contribution in [-0.4, -0.2) is 32.1 Å². The molecule has 0 amide bonds. The van der Waals surface area contributed by atoms with E-state index in [2.05, 4.69) is 41.6 Å². The van der Waals surface area contributed by atoms with Gasteiger partial charge in [-0.15, -0.1) is 0 Å². The van der Waals surface area contributed by atoms with Crippen molar-refractivity contribution in [3.8, 4) is 0 Å². The van der Waals surface area contributed by atoms with Crippen LogP contribution in [0, 0.1) is 0 Å². The van der Waals surface area contributed by atoms with E-state index >= 15 is 0 Å². The average molecular weight is 290 g/mol. The fourth-order valence-corrected chi connectivity index (χ4v) is 3.54. The monoisotopic (exact) mass is 290 g/mol. The van der Waals surface area contributed by atoms with Crippen LogP contribution in [0.4, 0.5) is 5.82 Å². The van der Waals surface area contributed by atoms with E-state index in [1.165, 1.54) is 19.3 Å². The lowest BCUT2D eigenvalue weighted by molar-refractivity contribution is 0.379. The van der Waals surface area contributed by atoms with Gasteiger partial charge in [-0.25, -0.2) is 9.50 Å². The van der Waals surface area contributed by atoms with E-state index in [4.69, 9.17) is 0 Å². The third-order valence-corrected chi connectivity index (χ3v) is 5.69. The molecule has 2 aromatic heterocycles. The van der Waals surface area contributed by atoms with Crippen molar-refractivity contribution in [3.05, 3.63) is 24.2 Å². The highest BCUT2D eigenvalue weighted by Crippen LogP contribution is 2.42. The number of thioether (sulfide) groups is 1. The molecule has 0 radical (unpaired) electrons. The molecule has 4 nitrogen and oxygen atoms in total. The standard InChI is InChI=1S/C15H22N4S/c1-11(2)12-9-13-14(16-7-8-19(13)18-12)17-10-15(20-3)5-4-6-15/h7-9,11H,4-6,10H2,1-3H3,(H,16,17). The predicted molar refractivity (Wildman–Crippen MR) is 85.7 cm³/mol. The molecule has 2 aromatic rings. The fraction of sp³-hybridized carbons (Fsp3) is 0.600. The summed E-state index contributed by atoms with van der Waals surface area (Å²) in [7, 11) is 0. The lowest BCUT2D eigenvalue weighted by atomic mass is 9.84. The number of rotatable bonds is 5. The molecule has 3 rings (SSSR count). The van der Waals surface area contributed by atoms with E-state index in [1.807, 2.05) is 28.7 Å². The van der Waals surface area contributed by atoms with Gasteiger partial charge in [0.05, 0.1) is 5.69 Å². The van der Waals surface area contributed by atoms with Gasteiger partial charge in [-0.05, 0) is 31.1 Å². The minimum atomic E-state index is 0.412. The van der Waals surface area contributed by atoms with Crippen LogP contribution in [0.25, 0.3) is 5.52 Å². The van der Waals surface area contributed by atoms with E-state index in [0.717, 1.165) is 23.6 Å². The van der Waals surface area contributed by atoms with Crippen LogP contribution < -0.4 is 5.32 Å². The Hall–Kier alpha value is -1.23. The van der Waals surface area contributed by atoms with Crippen molar-refractivity contribution in [1.29, 1.82) is 0 Å². The number of hydrogen-bond donors (Lipinski definition) is 1. The highest BCUT2D eigenvalue weighted by molar-refractivity contribution is 8.00. The summed E-state index contributed by atoms with van der Waals surface area (Å²) in [6.45, 7) is 5.32. The summed E-state index contributed by atoms with van der Waals surface area (Å²) in [5, 5.41) is 8.14. The second-order valence-corrected chi connectivity index (χ2v) is 7.20. The molecule has 0 aromatic carbocycles. The van der Waals surface area contributed by atoms with Crippen molar-refractivity contribution in [2.75, 3.05) is 18.1 Å². The Morgan fingerprint density at radius 2 is 2.25 bits per heavy atom. The zero-order valence-corrected chi connectivity index (χ0v) is 13.2. The Bertz CT molecular complexity index is 595. The highest BCUT2D eigenvalue weighted by atomic mass is 32.2. The molecule has 1 aliphatic rings. The molecule has 0 aliphatic heterocycles. The molecule has 1 N–H and O–H groups in total. The largest absolute Gasteiger partial charge is 0.367 e. The Morgan fingerprint density at radius 3 is 2.85 bits per heavy atom. The second-order valence-electron chi connectivity index (χ2n) is 5.92. The smallest absolute Gasteiger partial charge is 0.152 e. The van der Waals surface area contributed by atoms with E-state index in [0.29, 0.717) is 10.7 Å². The molecule has 108 valence electrons. The van der Waals surface area contributed by atoms with Crippen molar-refractivity contribution in [2.24, 2.45) is 0 Å². The minimum absolute atomic E-state index is 0.412. The molecule has 2 heterocycles. The topological polar surface area (TPSA) is 42.2 Å². The second kappa shape index (κ2) is 5.28. The molecule has 1 aliphatic carbocycles. The number of nitrogens with one attached hydrogen (secondary N) is 1. The number of anilines is 1. The summed E-state index contributed by atoms with van der Waals surface area (Å²) >= 11 is 1.98. The highest BCUT2D eigenvalue weighted by Gasteiger charge is 2.36. The van der Waals surface area contributed by atoms with Crippen LogP contribution in [0.5, 0.6) is 0 Å². The van der Waals surface area contributed by atoms with E-state index in [1.54, 1.807) is 0 Å². The molecular weight excluding hydrogens is 268 g/mol. The van der Waals surface area contributed by atoms with E-state index < -0.39 is 0 Å². The third kappa shape index (κ3) is 2.39. The van der Waals surface area contributed by atoms with Crippen molar-refractivity contribution < 1.29 is 0 Å². The summed E-state index contributed by atoms with van der Waals surface area (Å²) < 4.78 is 2.34. The molecule has 0 bridgehead atoms. The van der Waals surface area contributed by atoms with Crippen LogP contribution in [0.1, 0.15) is 44.7 Å². The van der Waals surface area contributed by atoms with Gasteiger partial charge in [-0.1, -0.05) is 20.3 Å². The van der Waals surface area contributed by atoms with Gasteiger partial charge in [-0.2, -0.15) is 16.9 Å². The van der Waals surface area contributed by atoms with Crippen molar-refractivity contribution >= 4 is 23.1 Å². The molecular formula is C15H22N4S. The lowest BCUT2D eigenvalue weighted by Gasteiger charge is -2.40. The van der Waals surface area contributed by atoms with Crippen LogP contribution in [0.2, 0.25) is 0 Å². The quantitative estimate of drug-likeness (QED) is 0.914. The summed E-state index contributed by atoms with van der Waals surface area (Å²) in [6.07, 6.45) is 9.91. The summed E-state index contributed by atoms with van der Waals surface area (Å²) in [6, 6.07) is 2.15. The van der Waals surface area contributed by atoms with Crippen molar-refractivity contribution in [1.82, 2.24) is 14.6 Å². The number of fused-ring (bicyclic) bond motifs is 1. The molecule has 0 atom stereocenters. The zero-order valence-electron chi connectivity index (χ0n) is 12.4. The number of nitrogens with zero attached hydrogens (tertiary/aromatic N) is 3. The molecule has 0 unspecified atom stereocenters. The van der Waals surface area contributed by atoms with Gasteiger partial charge in [0.25, 0.3) is 0 Å². The number of aromatic nitrogens is 3. The molecule has 1 saturated carbocycles. The van der Waals surface area contributed by atoms with Gasteiger partial charge in [0.15, 0.2) is 5.82 Å². The lowest BCUT2D eigenvalue weighted by Crippen LogP contribution is -2.40. The first-order valence-corrected chi connectivity index (χ1v) is 8.49.